The number of carbonyl (C=O) groups is 3. The quantitative estimate of drug-likeness (QED) is 0.123. The standard InChI is InChI=1S/C45H54F2N4O8S/c1-8-42-12-9-14-51-15-13-43(36(42)51)30-18-31(34(56-5)19-33(30)49(4)37(43)45(55,40(54)58-7)38(42)59-24(2)52)44(39(53)57-6)20-25-16-26(41(3,46)47)22-50(21-25)23-29-28-17-27(60)10-11-32(28)48-35(29)44/h9-12,17-19,25-26,36-38,48,55,60H,8,13-16,20-23H2,1-7H3/t25-,26?,36+,37-,38-,42-,43-,44+,45+/m1/s1. The molecule has 6 aliphatic rings. The molecule has 2 saturated heterocycles. The molecule has 2 bridgehead atoms. The first-order valence-electron chi connectivity index (χ1n) is 20.8. The van der Waals surface area contributed by atoms with E-state index in [0.717, 1.165) is 29.0 Å². The van der Waals surface area contributed by atoms with Crippen molar-refractivity contribution in [2.45, 2.75) is 98.4 Å². The highest BCUT2D eigenvalue weighted by Gasteiger charge is 2.80. The number of aliphatic hydroxyl groups is 1. The Labute approximate surface area is 353 Å². The van der Waals surface area contributed by atoms with Gasteiger partial charge in [-0.25, -0.2) is 13.6 Å². The highest BCUT2D eigenvalue weighted by atomic mass is 32.1. The van der Waals surface area contributed by atoms with Gasteiger partial charge < -0.3 is 33.9 Å². The number of thiol groups is 1. The zero-order valence-electron chi connectivity index (χ0n) is 35.1. The number of alkyl halides is 2. The van der Waals surface area contributed by atoms with Gasteiger partial charge in [-0.2, -0.15) is 0 Å². The molecule has 10 atom stereocenters. The van der Waals surface area contributed by atoms with Crippen molar-refractivity contribution in [1.29, 1.82) is 0 Å². The molecule has 0 radical (unpaired) electrons. The Morgan fingerprint density at radius 1 is 1.05 bits per heavy atom. The summed E-state index contributed by atoms with van der Waals surface area (Å²) in [6.07, 6.45) is 3.97. The van der Waals surface area contributed by atoms with Crippen molar-refractivity contribution in [3.8, 4) is 5.75 Å². The number of halogens is 2. The summed E-state index contributed by atoms with van der Waals surface area (Å²) in [5, 5.41) is 14.1. The second kappa shape index (κ2) is 13.9. The molecule has 3 fully saturated rings. The predicted molar refractivity (Wildman–Crippen MR) is 222 cm³/mol. The number of aromatic amines is 1. The van der Waals surface area contributed by atoms with E-state index in [0.29, 0.717) is 66.6 Å². The van der Waals surface area contributed by atoms with E-state index in [4.69, 9.17) is 18.9 Å². The van der Waals surface area contributed by atoms with Crippen molar-refractivity contribution < 1.29 is 47.2 Å². The fourth-order valence-electron chi connectivity index (χ4n) is 13.3. The van der Waals surface area contributed by atoms with Gasteiger partial charge in [0.05, 0.1) is 27.4 Å². The maximum absolute atomic E-state index is 15.4. The van der Waals surface area contributed by atoms with Crippen LogP contribution in [-0.4, -0.2) is 122 Å². The minimum Gasteiger partial charge on any atom is -0.496 e. The minimum absolute atomic E-state index is 0.134. The van der Waals surface area contributed by atoms with E-state index in [1.165, 1.54) is 28.3 Å². The second-order valence-electron chi connectivity index (χ2n) is 18.2. The molecule has 2 N–H and O–H groups in total. The number of ether oxygens (including phenoxy) is 4. The van der Waals surface area contributed by atoms with Crippen LogP contribution in [0.3, 0.4) is 0 Å². The highest BCUT2D eigenvalue weighted by Crippen LogP contribution is 2.68. The van der Waals surface area contributed by atoms with Crippen LogP contribution < -0.4 is 9.64 Å². The SMILES string of the molecule is CC[C@]12C=CCN3CC[C@@]4(c5cc([C@@]6(C(=O)OC)C[C@H]7CC(C(C)(F)F)CN(Cc8c6[nH]c6ccc(S)cc86)C7)c(OC)cc5N(C)[C@H]4[C@@](O)(C(=O)OC)[C@@H]1OC(C)=O)[C@@H]32. The summed E-state index contributed by atoms with van der Waals surface area (Å²) in [5.41, 5.74) is -1.86. The number of rotatable bonds is 7. The van der Waals surface area contributed by atoms with E-state index in [-0.39, 0.29) is 31.3 Å². The van der Waals surface area contributed by atoms with Gasteiger partial charge in [0.25, 0.3) is 0 Å². The Balaban J connectivity index is 1.36. The summed E-state index contributed by atoms with van der Waals surface area (Å²) in [7, 11) is 5.91. The lowest BCUT2D eigenvalue weighted by Gasteiger charge is -2.63. The third-order valence-electron chi connectivity index (χ3n) is 15.3. The molecule has 322 valence electrons. The Kier molecular flexibility index (Phi) is 9.55. The molecule has 12 nitrogen and oxygen atoms in total. The molecule has 9 rings (SSSR count). The van der Waals surface area contributed by atoms with Gasteiger partial charge in [-0.05, 0) is 80.5 Å². The van der Waals surface area contributed by atoms with E-state index in [2.05, 4.69) is 27.4 Å². The van der Waals surface area contributed by atoms with Crippen LogP contribution in [0.5, 0.6) is 5.75 Å². The van der Waals surface area contributed by atoms with E-state index >= 15 is 13.6 Å². The lowest BCUT2D eigenvalue weighted by atomic mass is 9.47. The lowest BCUT2D eigenvalue weighted by molar-refractivity contribution is -0.228. The van der Waals surface area contributed by atoms with Crippen LogP contribution >= 0.6 is 12.6 Å². The number of benzene rings is 2. The van der Waals surface area contributed by atoms with Crippen LogP contribution in [0.4, 0.5) is 14.5 Å². The fourth-order valence-corrected chi connectivity index (χ4v) is 13.5. The van der Waals surface area contributed by atoms with Crippen molar-refractivity contribution in [3.63, 3.8) is 0 Å². The van der Waals surface area contributed by atoms with E-state index < -0.39 is 63.7 Å². The summed E-state index contributed by atoms with van der Waals surface area (Å²) in [6.45, 7) is 6.45. The number of carbonyl (C=O) groups excluding carboxylic acids is 3. The van der Waals surface area contributed by atoms with Crippen LogP contribution in [0.25, 0.3) is 10.9 Å². The zero-order valence-corrected chi connectivity index (χ0v) is 36.0. The third kappa shape index (κ3) is 5.33. The van der Waals surface area contributed by atoms with Crippen molar-refractivity contribution in [2.24, 2.45) is 17.3 Å². The molecule has 1 saturated carbocycles. The van der Waals surface area contributed by atoms with Crippen molar-refractivity contribution in [1.82, 2.24) is 14.8 Å². The molecule has 60 heavy (non-hydrogen) atoms. The number of anilines is 1. The maximum atomic E-state index is 15.4. The van der Waals surface area contributed by atoms with Crippen LogP contribution in [0.15, 0.2) is 47.4 Å². The molecule has 2 aromatic carbocycles. The van der Waals surface area contributed by atoms with Crippen LogP contribution in [0, 0.1) is 17.3 Å². The topological polar surface area (TPSA) is 134 Å². The van der Waals surface area contributed by atoms with E-state index in [1.807, 2.05) is 61.4 Å². The average molecular weight is 849 g/mol. The smallest absolute Gasteiger partial charge is 0.344 e. The molecule has 2 unspecified atom stereocenters. The second-order valence-corrected chi connectivity index (χ2v) is 18.7. The summed E-state index contributed by atoms with van der Waals surface area (Å²) in [6, 6.07) is 8.23. The third-order valence-corrected chi connectivity index (χ3v) is 15.6. The summed E-state index contributed by atoms with van der Waals surface area (Å²) in [5.74, 6) is -6.02. The minimum atomic E-state index is -2.95. The normalized spacial score (nSPS) is 35.4. The number of hydrogen-bond donors (Lipinski definition) is 3. The Morgan fingerprint density at radius 2 is 1.80 bits per heavy atom. The first kappa shape index (κ1) is 41.2. The average Bonchev–Trinajstić information content (AvgIpc) is 3.86. The molecule has 15 heteroatoms. The number of fused-ring (bicyclic) bond motifs is 6. The van der Waals surface area contributed by atoms with E-state index in [1.54, 1.807) is 0 Å². The number of H-pyrrole nitrogens is 1. The molecule has 1 aromatic heterocycles. The number of esters is 3. The predicted octanol–water partition coefficient (Wildman–Crippen LogP) is 5.37. The number of nitrogens with zero attached hydrogens (tertiary/aromatic N) is 3. The Bertz CT molecular complexity index is 2330. The number of aromatic nitrogens is 1. The molecule has 3 aromatic rings. The van der Waals surface area contributed by atoms with Gasteiger partial charge in [0.2, 0.25) is 11.5 Å². The molecule has 6 heterocycles. The first-order valence-corrected chi connectivity index (χ1v) is 21.3. The van der Waals surface area contributed by atoms with Crippen LogP contribution in [0.1, 0.15) is 68.8 Å². The van der Waals surface area contributed by atoms with Crippen LogP contribution in [-0.2, 0) is 46.0 Å². The number of hydrogen-bond acceptors (Lipinski definition) is 12. The van der Waals surface area contributed by atoms with Gasteiger partial charge in [-0.15, -0.1) is 12.6 Å². The van der Waals surface area contributed by atoms with Gasteiger partial charge >= 0.3 is 17.9 Å². The lowest BCUT2D eigenvalue weighted by Crippen LogP contribution is -2.81. The van der Waals surface area contributed by atoms with Crippen molar-refractivity contribution in [2.75, 3.05) is 59.5 Å². The number of piperidine rings is 1. The monoisotopic (exact) mass is 848 g/mol. The molecule has 1 aliphatic carbocycles. The van der Waals surface area contributed by atoms with E-state index in [9.17, 15) is 14.7 Å². The van der Waals surface area contributed by atoms with Crippen molar-refractivity contribution in [3.05, 3.63) is 64.9 Å². The highest BCUT2D eigenvalue weighted by molar-refractivity contribution is 7.80. The fraction of sp³-hybridized carbons (Fsp3) is 0.578. The number of methoxy groups -OCH3 is 3. The molecule has 5 aliphatic heterocycles. The van der Waals surface area contributed by atoms with Crippen molar-refractivity contribution >= 4 is 47.1 Å². The molecular formula is C45H54F2N4O8S. The largest absolute Gasteiger partial charge is 0.496 e. The van der Waals surface area contributed by atoms with Gasteiger partial charge in [0.1, 0.15) is 11.2 Å². The Morgan fingerprint density at radius 3 is 2.47 bits per heavy atom. The number of nitrogens with one attached hydrogen (secondary N) is 1. The van der Waals surface area contributed by atoms with Gasteiger partial charge in [-0.1, -0.05) is 19.1 Å². The molecule has 0 amide bonds. The van der Waals surface area contributed by atoms with Gasteiger partial charge in [0, 0.05) is 102 Å². The first-order chi connectivity index (χ1) is 28.5. The molecular weight excluding hydrogens is 795 g/mol. The summed E-state index contributed by atoms with van der Waals surface area (Å²) >= 11 is 4.68. The number of likely N-dealkylation sites (N-methyl/N-ethyl adjacent to an activating group) is 1. The summed E-state index contributed by atoms with van der Waals surface area (Å²) < 4.78 is 54.4. The molecule has 1 spiro atoms. The Hall–Kier alpha value is -4.18. The van der Waals surface area contributed by atoms with Crippen LogP contribution in [0.2, 0.25) is 0 Å². The van der Waals surface area contributed by atoms with Gasteiger partial charge in [0.15, 0.2) is 6.10 Å². The maximum Gasteiger partial charge on any atom is 0.344 e. The summed E-state index contributed by atoms with van der Waals surface area (Å²) in [4.78, 5) is 53.2. The van der Waals surface area contributed by atoms with Gasteiger partial charge in [-0.3, -0.25) is 19.4 Å². The zero-order chi connectivity index (χ0) is 42.9.